The molecule has 3 aromatic rings. The molecular formula is C29H34N4O2. The summed E-state index contributed by atoms with van der Waals surface area (Å²) in [7, 11) is 0. The van der Waals surface area contributed by atoms with Gasteiger partial charge in [-0.25, -0.2) is 0 Å². The van der Waals surface area contributed by atoms with Gasteiger partial charge in [0, 0.05) is 69.7 Å². The van der Waals surface area contributed by atoms with Gasteiger partial charge in [-0.2, -0.15) is 0 Å². The first kappa shape index (κ1) is 23.4. The monoisotopic (exact) mass is 470 g/mol. The number of hydrogen-bond acceptors (Lipinski definition) is 4. The molecule has 0 atom stereocenters. The van der Waals surface area contributed by atoms with Crippen LogP contribution in [0.2, 0.25) is 0 Å². The maximum atomic E-state index is 13.4. The van der Waals surface area contributed by atoms with Crippen molar-refractivity contribution in [3.05, 3.63) is 89.7 Å². The Balaban J connectivity index is 1.14. The zero-order valence-corrected chi connectivity index (χ0v) is 20.3. The van der Waals surface area contributed by atoms with Gasteiger partial charge in [0.1, 0.15) is 5.69 Å². The fourth-order valence-electron chi connectivity index (χ4n) is 5.19. The van der Waals surface area contributed by atoms with Crippen LogP contribution in [0.25, 0.3) is 0 Å². The van der Waals surface area contributed by atoms with Crippen LogP contribution in [0.5, 0.6) is 0 Å². The van der Waals surface area contributed by atoms with E-state index in [4.69, 9.17) is 0 Å². The first-order valence-electron chi connectivity index (χ1n) is 12.8. The van der Waals surface area contributed by atoms with Crippen molar-refractivity contribution < 1.29 is 9.59 Å². The number of para-hydroxylation sites is 1. The number of rotatable bonds is 8. The molecule has 2 aliphatic rings. The van der Waals surface area contributed by atoms with E-state index in [9.17, 15) is 9.59 Å². The third-order valence-corrected chi connectivity index (χ3v) is 7.20. The molecule has 2 aromatic carbocycles. The molecule has 5 rings (SSSR count). The number of piperazine rings is 1. The van der Waals surface area contributed by atoms with Gasteiger partial charge in [0.15, 0.2) is 5.78 Å². The molecule has 0 bridgehead atoms. The molecule has 2 aliphatic heterocycles. The number of unbranched alkanes of at least 4 members (excludes halogenated alkanes) is 1. The molecule has 35 heavy (non-hydrogen) atoms. The molecule has 0 unspecified atom stereocenters. The molecule has 6 heteroatoms. The lowest BCUT2D eigenvalue weighted by atomic mass is 10.1. The highest BCUT2D eigenvalue weighted by Gasteiger charge is 2.30. The van der Waals surface area contributed by atoms with Gasteiger partial charge in [0.25, 0.3) is 5.91 Å². The summed E-state index contributed by atoms with van der Waals surface area (Å²) in [6, 6.07) is 22.5. The molecule has 1 saturated heterocycles. The molecular weight excluding hydrogens is 436 g/mol. The van der Waals surface area contributed by atoms with Crippen molar-refractivity contribution in [2.24, 2.45) is 0 Å². The van der Waals surface area contributed by atoms with Gasteiger partial charge in [-0.15, -0.1) is 0 Å². The number of carbonyl (C=O) groups excluding carboxylic acids is 2. The van der Waals surface area contributed by atoms with E-state index in [0.29, 0.717) is 30.8 Å². The Kier molecular flexibility index (Phi) is 7.28. The standard InChI is InChI=1S/C29H34N4O2/c34-27-14-18-33(23-24-9-3-1-4-10-24)29(35)28-26(27)13-17-32(28)16-8-7-15-30-19-21-31(22-20-30)25-11-5-2-6-12-25/h1-6,9-13,17H,7-8,14-16,18-23H2. The fourth-order valence-corrected chi connectivity index (χ4v) is 5.19. The summed E-state index contributed by atoms with van der Waals surface area (Å²) in [5.74, 6) is 0.0377. The van der Waals surface area contributed by atoms with Crippen molar-refractivity contribution >= 4 is 17.4 Å². The van der Waals surface area contributed by atoms with Crippen molar-refractivity contribution in [2.75, 3.05) is 44.2 Å². The van der Waals surface area contributed by atoms with Gasteiger partial charge in [0.2, 0.25) is 0 Å². The van der Waals surface area contributed by atoms with Gasteiger partial charge in [-0.1, -0.05) is 48.5 Å². The number of anilines is 1. The first-order chi connectivity index (χ1) is 17.2. The van der Waals surface area contributed by atoms with Gasteiger partial charge < -0.3 is 14.4 Å². The van der Waals surface area contributed by atoms with E-state index in [1.807, 2.05) is 52.1 Å². The van der Waals surface area contributed by atoms with Crippen LogP contribution in [-0.2, 0) is 13.1 Å². The van der Waals surface area contributed by atoms with Crippen LogP contribution in [0, 0.1) is 0 Å². The van der Waals surface area contributed by atoms with Crippen LogP contribution in [0.4, 0.5) is 5.69 Å². The van der Waals surface area contributed by atoms with Crippen molar-refractivity contribution in [3.63, 3.8) is 0 Å². The lowest BCUT2D eigenvalue weighted by Crippen LogP contribution is -2.46. The fraction of sp³-hybridized carbons (Fsp3) is 0.379. The van der Waals surface area contributed by atoms with Crippen molar-refractivity contribution in [2.45, 2.75) is 32.4 Å². The number of aryl methyl sites for hydroxylation is 1. The molecule has 0 saturated carbocycles. The van der Waals surface area contributed by atoms with Crippen LogP contribution in [0.1, 0.15) is 45.7 Å². The van der Waals surface area contributed by atoms with Crippen LogP contribution >= 0.6 is 0 Å². The minimum atomic E-state index is -0.0308. The predicted molar refractivity (Wildman–Crippen MR) is 139 cm³/mol. The summed E-state index contributed by atoms with van der Waals surface area (Å²) in [4.78, 5) is 33.0. The summed E-state index contributed by atoms with van der Waals surface area (Å²) in [5.41, 5.74) is 3.55. The van der Waals surface area contributed by atoms with Crippen LogP contribution < -0.4 is 4.90 Å². The number of aromatic nitrogens is 1. The highest BCUT2D eigenvalue weighted by molar-refractivity contribution is 6.09. The first-order valence-corrected chi connectivity index (χ1v) is 12.8. The lowest BCUT2D eigenvalue weighted by Gasteiger charge is -2.36. The molecule has 0 radical (unpaired) electrons. The van der Waals surface area contributed by atoms with E-state index in [1.165, 1.54) is 5.69 Å². The van der Waals surface area contributed by atoms with Crippen LogP contribution in [-0.4, -0.2) is 65.3 Å². The average Bonchev–Trinajstić information content (AvgIpc) is 3.29. The third kappa shape index (κ3) is 5.49. The van der Waals surface area contributed by atoms with E-state index < -0.39 is 0 Å². The Morgan fingerprint density at radius 1 is 0.714 bits per heavy atom. The van der Waals surface area contributed by atoms with E-state index in [1.54, 1.807) is 0 Å². The smallest absolute Gasteiger partial charge is 0.271 e. The highest BCUT2D eigenvalue weighted by atomic mass is 16.2. The number of ketones is 1. The maximum absolute atomic E-state index is 13.4. The molecule has 3 heterocycles. The molecule has 1 aromatic heterocycles. The highest BCUT2D eigenvalue weighted by Crippen LogP contribution is 2.23. The second-order valence-electron chi connectivity index (χ2n) is 9.53. The van der Waals surface area contributed by atoms with Crippen molar-refractivity contribution in [1.82, 2.24) is 14.4 Å². The average molecular weight is 471 g/mol. The Labute approximate surface area is 207 Å². The normalized spacial score (nSPS) is 16.9. The van der Waals surface area contributed by atoms with Crippen LogP contribution in [0.15, 0.2) is 72.9 Å². The zero-order chi connectivity index (χ0) is 24.0. The zero-order valence-electron chi connectivity index (χ0n) is 20.3. The quantitative estimate of drug-likeness (QED) is 0.460. The maximum Gasteiger partial charge on any atom is 0.271 e. The Bertz CT molecular complexity index is 1130. The second-order valence-corrected chi connectivity index (χ2v) is 9.53. The van der Waals surface area contributed by atoms with Crippen molar-refractivity contribution in [1.29, 1.82) is 0 Å². The summed E-state index contributed by atoms with van der Waals surface area (Å²) >= 11 is 0. The molecule has 0 aliphatic carbocycles. The second kappa shape index (κ2) is 10.9. The molecule has 6 nitrogen and oxygen atoms in total. The minimum absolute atomic E-state index is 0.0308. The van der Waals surface area contributed by atoms with Gasteiger partial charge in [-0.05, 0) is 43.1 Å². The Morgan fingerprint density at radius 2 is 1.40 bits per heavy atom. The van der Waals surface area contributed by atoms with E-state index in [-0.39, 0.29) is 11.7 Å². The summed E-state index contributed by atoms with van der Waals surface area (Å²) in [5, 5.41) is 0. The summed E-state index contributed by atoms with van der Waals surface area (Å²) in [6.07, 6.45) is 4.37. The van der Waals surface area contributed by atoms with E-state index in [2.05, 4.69) is 40.1 Å². The number of fused-ring (bicyclic) bond motifs is 1. The predicted octanol–water partition coefficient (Wildman–Crippen LogP) is 4.32. The van der Waals surface area contributed by atoms with Gasteiger partial charge in [0.05, 0.1) is 0 Å². The summed E-state index contributed by atoms with van der Waals surface area (Å²) < 4.78 is 2.01. The molecule has 182 valence electrons. The number of Topliss-reactive ketones (excluding diaryl/α,β-unsaturated/α-hetero) is 1. The lowest BCUT2D eigenvalue weighted by molar-refractivity contribution is 0.0735. The SMILES string of the molecule is O=C1CCN(Cc2ccccc2)C(=O)c2c1ccn2CCCCN1CCN(c2ccccc2)CC1. The third-order valence-electron chi connectivity index (χ3n) is 7.20. The van der Waals surface area contributed by atoms with Crippen LogP contribution in [0.3, 0.4) is 0 Å². The number of benzene rings is 2. The minimum Gasteiger partial charge on any atom is -0.369 e. The summed E-state index contributed by atoms with van der Waals surface area (Å²) in [6.45, 7) is 7.11. The number of amides is 1. The van der Waals surface area contributed by atoms with E-state index >= 15 is 0 Å². The molecule has 1 amide bonds. The van der Waals surface area contributed by atoms with Crippen molar-refractivity contribution in [3.8, 4) is 0 Å². The largest absolute Gasteiger partial charge is 0.369 e. The molecule has 0 N–H and O–H groups in total. The number of hydrogen-bond donors (Lipinski definition) is 0. The Hall–Kier alpha value is -3.38. The number of carbonyl (C=O) groups is 2. The van der Waals surface area contributed by atoms with Gasteiger partial charge in [-0.3, -0.25) is 14.5 Å². The molecule has 1 fully saturated rings. The van der Waals surface area contributed by atoms with E-state index in [0.717, 1.165) is 57.7 Å². The van der Waals surface area contributed by atoms with Gasteiger partial charge >= 0.3 is 0 Å². The molecule has 0 spiro atoms. The number of nitrogens with zero attached hydrogens (tertiary/aromatic N) is 4. The Morgan fingerprint density at radius 3 is 2.14 bits per heavy atom. The topological polar surface area (TPSA) is 48.8 Å².